The third-order valence-corrected chi connectivity index (χ3v) is 4.93. The number of hydrogen-bond donors (Lipinski definition) is 2. The Morgan fingerprint density at radius 2 is 1.76 bits per heavy atom. The Labute approximate surface area is 193 Å². The van der Waals surface area contributed by atoms with E-state index in [2.05, 4.69) is 15.8 Å². The van der Waals surface area contributed by atoms with Crippen LogP contribution in [0.5, 0.6) is 5.75 Å². The number of fused-ring (bicyclic) bond motifs is 1. The number of hydrogen-bond acceptors (Lipinski definition) is 5. The molecule has 0 aliphatic heterocycles. The zero-order valence-corrected chi connectivity index (χ0v) is 18.9. The first-order chi connectivity index (χ1) is 16.1. The molecule has 0 aliphatic carbocycles. The van der Waals surface area contributed by atoms with Gasteiger partial charge >= 0.3 is 6.09 Å². The Kier molecular flexibility index (Phi) is 8.82. The van der Waals surface area contributed by atoms with Crippen molar-refractivity contribution in [2.75, 3.05) is 13.2 Å². The molecule has 33 heavy (non-hydrogen) atoms. The third-order valence-electron chi connectivity index (χ3n) is 4.93. The van der Waals surface area contributed by atoms with Crippen molar-refractivity contribution in [2.24, 2.45) is 5.10 Å². The van der Waals surface area contributed by atoms with Crippen molar-refractivity contribution >= 4 is 29.0 Å². The zero-order chi connectivity index (χ0) is 23.5. The maximum absolute atomic E-state index is 12.6. The van der Waals surface area contributed by atoms with Crippen LogP contribution in [0.2, 0.25) is 0 Å². The molecule has 0 saturated carbocycles. The summed E-state index contributed by atoms with van der Waals surface area (Å²) in [5.74, 6) is 0.368. The van der Waals surface area contributed by atoms with Crippen LogP contribution in [0.1, 0.15) is 43.9 Å². The van der Waals surface area contributed by atoms with E-state index < -0.39 is 12.1 Å². The van der Waals surface area contributed by atoms with Gasteiger partial charge in [0.05, 0.1) is 31.9 Å². The lowest BCUT2D eigenvalue weighted by Crippen LogP contribution is -2.33. The highest BCUT2D eigenvalue weighted by Crippen LogP contribution is 2.27. The van der Waals surface area contributed by atoms with Crippen LogP contribution in [-0.2, 0) is 9.53 Å². The number of benzene rings is 3. The molecule has 0 aliphatic rings. The van der Waals surface area contributed by atoms with Crippen molar-refractivity contribution < 1.29 is 19.1 Å². The lowest BCUT2D eigenvalue weighted by Gasteiger charge is -2.18. The Balaban J connectivity index is 1.74. The monoisotopic (exact) mass is 447 g/mol. The summed E-state index contributed by atoms with van der Waals surface area (Å²) < 4.78 is 10.9. The van der Waals surface area contributed by atoms with Crippen LogP contribution in [0, 0.1) is 0 Å². The maximum Gasteiger partial charge on any atom is 0.407 e. The van der Waals surface area contributed by atoms with Crippen LogP contribution >= 0.6 is 0 Å². The second-order valence-electron chi connectivity index (χ2n) is 7.37. The van der Waals surface area contributed by atoms with Crippen LogP contribution in [0.4, 0.5) is 4.79 Å². The Bertz CT molecular complexity index is 1100. The number of carbonyl (C=O) groups excluding carboxylic acids is 2. The van der Waals surface area contributed by atoms with Gasteiger partial charge in [-0.1, -0.05) is 67.6 Å². The summed E-state index contributed by atoms with van der Waals surface area (Å²) in [6.07, 6.45) is 1.92. The zero-order valence-electron chi connectivity index (χ0n) is 18.9. The fourth-order valence-corrected chi connectivity index (χ4v) is 3.40. The van der Waals surface area contributed by atoms with E-state index in [4.69, 9.17) is 9.47 Å². The first-order valence-corrected chi connectivity index (χ1v) is 11.1. The molecule has 0 aromatic heterocycles. The molecule has 7 nitrogen and oxygen atoms in total. The minimum Gasteiger partial charge on any atom is -0.493 e. The molecule has 0 spiro atoms. The molecule has 0 bridgehead atoms. The molecule has 2 amide bonds. The van der Waals surface area contributed by atoms with E-state index in [0.29, 0.717) is 12.4 Å². The molecule has 0 fully saturated rings. The Hall–Kier alpha value is -3.87. The number of hydrazone groups is 1. The molecule has 1 atom stereocenters. The number of nitrogens with zero attached hydrogens (tertiary/aromatic N) is 1. The lowest BCUT2D eigenvalue weighted by atomic mass is 10.0. The average molecular weight is 448 g/mol. The van der Waals surface area contributed by atoms with E-state index in [1.807, 2.05) is 73.7 Å². The van der Waals surface area contributed by atoms with Crippen LogP contribution in [-0.4, -0.2) is 31.4 Å². The van der Waals surface area contributed by atoms with E-state index in [9.17, 15) is 9.59 Å². The molecule has 7 heteroatoms. The fraction of sp³-hybridized carbons (Fsp3) is 0.269. The predicted molar refractivity (Wildman–Crippen MR) is 129 cm³/mol. The largest absolute Gasteiger partial charge is 0.493 e. The quantitative estimate of drug-likeness (QED) is 0.340. The maximum atomic E-state index is 12.6. The summed E-state index contributed by atoms with van der Waals surface area (Å²) in [7, 11) is 0. The molecule has 0 heterocycles. The summed E-state index contributed by atoms with van der Waals surface area (Å²) in [6, 6.07) is 20.6. The van der Waals surface area contributed by atoms with Gasteiger partial charge in [-0.15, -0.1) is 0 Å². The van der Waals surface area contributed by atoms with Gasteiger partial charge in [0.1, 0.15) is 5.75 Å². The molecule has 3 aromatic carbocycles. The summed E-state index contributed by atoms with van der Waals surface area (Å²) in [6.45, 7) is 4.61. The smallest absolute Gasteiger partial charge is 0.407 e. The SMILES string of the molecule is CCCOc1ccc2ccccc2c1/C=N\NC(=O)C[C@H](NC(=O)OCC)c1ccccc1. The molecule has 0 radical (unpaired) electrons. The van der Waals surface area contributed by atoms with Crippen molar-refractivity contribution in [1.29, 1.82) is 0 Å². The summed E-state index contributed by atoms with van der Waals surface area (Å²) in [5.41, 5.74) is 4.16. The van der Waals surface area contributed by atoms with Gasteiger partial charge in [-0.3, -0.25) is 4.79 Å². The van der Waals surface area contributed by atoms with Gasteiger partial charge in [0.2, 0.25) is 5.91 Å². The van der Waals surface area contributed by atoms with Gasteiger partial charge in [-0.05, 0) is 35.7 Å². The van der Waals surface area contributed by atoms with E-state index in [-0.39, 0.29) is 18.9 Å². The van der Waals surface area contributed by atoms with Crippen molar-refractivity contribution in [1.82, 2.24) is 10.7 Å². The lowest BCUT2D eigenvalue weighted by molar-refractivity contribution is -0.121. The van der Waals surface area contributed by atoms with Crippen LogP contribution in [0.3, 0.4) is 0 Å². The van der Waals surface area contributed by atoms with Crippen LogP contribution in [0.15, 0.2) is 71.8 Å². The predicted octanol–water partition coefficient (Wildman–Crippen LogP) is 4.96. The Morgan fingerprint density at radius 3 is 2.52 bits per heavy atom. The van der Waals surface area contributed by atoms with E-state index >= 15 is 0 Å². The minimum absolute atomic E-state index is 0.00883. The molecule has 0 saturated heterocycles. The number of alkyl carbamates (subject to hydrolysis) is 1. The molecule has 172 valence electrons. The number of carbonyl (C=O) groups is 2. The van der Waals surface area contributed by atoms with Gasteiger partial charge in [0, 0.05) is 5.56 Å². The van der Waals surface area contributed by atoms with Crippen LogP contribution < -0.4 is 15.5 Å². The second-order valence-corrected chi connectivity index (χ2v) is 7.37. The summed E-state index contributed by atoms with van der Waals surface area (Å²) in [4.78, 5) is 24.6. The van der Waals surface area contributed by atoms with Crippen molar-refractivity contribution in [2.45, 2.75) is 32.7 Å². The second kappa shape index (κ2) is 12.2. The topological polar surface area (TPSA) is 89.0 Å². The van der Waals surface area contributed by atoms with Gasteiger partial charge in [-0.2, -0.15) is 5.10 Å². The number of nitrogens with one attached hydrogen (secondary N) is 2. The highest BCUT2D eigenvalue weighted by atomic mass is 16.5. The van der Waals surface area contributed by atoms with Crippen molar-refractivity contribution in [3.8, 4) is 5.75 Å². The average Bonchev–Trinajstić information content (AvgIpc) is 2.83. The molecular weight excluding hydrogens is 418 g/mol. The highest BCUT2D eigenvalue weighted by Gasteiger charge is 2.19. The molecule has 3 aromatic rings. The minimum atomic E-state index is -0.573. The Morgan fingerprint density at radius 1 is 1.00 bits per heavy atom. The molecular formula is C26H29N3O4. The first-order valence-electron chi connectivity index (χ1n) is 11.1. The van der Waals surface area contributed by atoms with Gasteiger partial charge in [-0.25, -0.2) is 10.2 Å². The number of amides is 2. The summed E-state index contributed by atoms with van der Waals surface area (Å²) >= 11 is 0. The molecule has 0 unspecified atom stereocenters. The van der Waals surface area contributed by atoms with E-state index in [1.165, 1.54) is 0 Å². The van der Waals surface area contributed by atoms with E-state index in [0.717, 1.165) is 28.3 Å². The molecule has 3 rings (SSSR count). The first kappa shape index (κ1) is 23.8. The van der Waals surface area contributed by atoms with E-state index in [1.54, 1.807) is 13.1 Å². The number of rotatable bonds is 10. The third kappa shape index (κ3) is 6.80. The van der Waals surface area contributed by atoms with Crippen LogP contribution in [0.25, 0.3) is 10.8 Å². The number of ether oxygens (including phenoxy) is 2. The van der Waals surface area contributed by atoms with Crippen molar-refractivity contribution in [3.05, 3.63) is 77.9 Å². The highest BCUT2D eigenvalue weighted by molar-refractivity contribution is 6.02. The standard InChI is InChI=1S/C26H29N3O4/c1-3-16-33-24-15-14-19-10-8-9-13-21(19)22(24)18-27-29-25(30)17-23(28-26(31)32-4-2)20-11-6-5-7-12-20/h5-15,18,23H,3-4,16-17H2,1-2H3,(H,28,31)(H,29,30)/b27-18-/t23-/m0/s1. The molecule has 2 N–H and O–H groups in total. The summed E-state index contributed by atoms with van der Waals surface area (Å²) in [5, 5.41) is 8.94. The van der Waals surface area contributed by atoms with Crippen molar-refractivity contribution in [3.63, 3.8) is 0 Å². The van der Waals surface area contributed by atoms with Gasteiger partial charge in [0.15, 0.2) is 0 Å². The normalized spacial score (nSPS) is 11.8. The fourth-order valence-electron chi connectivity index (χ4n) is 3.40. The van der Waals surface area contributed by atoms with Gasteiger partial charge in [0.25, 0.3) is 0 Å². The van der Waals surface area contributed by atoms with Gasteiger partial charge < -0.3 is 14.8 Å².